The van der Waals surface area contributed by atoms with Gasteiger partial charge in [-0.25, -0.2) is 4.79 Å². The molecular formula is C21H22N4O2. The van der Waals surface area contributed by atoms with Crippen molar-refractivity contribution in [2.75, 3.05) is 31.5 Å². The number of carbonyl (C=O) groups is 2. The number of nitriles is 1. The zero-order valence-electron chi connectivity index (χ0n) is 15.3. The van der Waals surface area contributed by atoms with Crippen LogP contribution in [0.3, 0.4) is 0 Å². The molecule has 0 saturated carbocycles. The van der Waals surface area contributed by atoms with Gasteiger partial charge in [-0.15, -0.1) is 0 Å². The quantitative estimate of drug-likeness (QED) is 0.911. The second-order valence-electron chi connectivity index (χ2n) is 6.45. The molecule has 3 amide bonds. The van der Waals surface area contributed by atoms with E-state index < -0.39 is 0 Å². The standard InChI is InChI=1S/C21H22N4O2/c1-2-16-3-7-18(8-4-16)20(26)24-11-13-25(14-12-24)21(27)23-19-9-5-17(15-22)6-10-19/h3-10H,2,11-14H2,1H3,(H,23,27). The first-order valence-corrected chi connectivity index (χ1v) is 9.05. The minimum atomic E-state index is -0.195. The number of aryl methyl sites for hydroxylation is 1. The molecular weight excluding hydrogens is 340 g/mol. The lowest BCUT2D eigenvalue weighted by Gasteiger charge is -2.34. The van der Waals surface area contributed by atoms with Crippen LogP contribution in [0.25, 0.3) is 0 Å². The molecule has 2 aromatic carbocycles. The lowest BCUT2D eigenvalue weighted by atomic mass is 10.1. The molecule has 0 spiro atoms. The van der Waals surface area contributed by atoms with Crippen molar-refractivity contribution >= 4 is 17.6 Å². The smallest absolute Gasteiger partial charge is 0.321 e. The molecule has 6 heteroatoms. The number of anilines is 1. The number of nitrogens with zero attached hydrogens (tertiary/aromatic N) is 3. The molecule has 2 aromatic rings. The van der Waals surface area contributed by atoms with Gasteiger partial charge in [-0.2, -0.15) is 5.26 Å². The molecule has 27 heavy (non-hydrogen) atoms. The molecule has 0 unspecified atom stereocenters. The Hall–Kier alpha value is -3.33. The lowest BCUT2D eigenvalue weighted by molar-refractivity contribution is 0.0671. The summed E-state index contributed by atoms with van der Waals surface area (Å²) in [5.41, 5.74) is 3.08. The first kappa shape index (κ1) is 18.5. The van der Waals surface area contributed by atoms with Crippen LogP contribution in [0.15, 0.2) is 48.5 Å². The van der Waals surface area contributed by atoms with Gasteiger partial charge in [0.05, 0.1) is 11.6 Å². The minimum absolute atomic E-state index is 0.00445. The molecule has 1 aliphatic rings. The first-order valence-electron chi connectivity index (χ1n) is 9.05. The van der Waals surface area contributed by atoms with Crippen LogP contribution in [0.1, 0.15) is 28.4 Å². The molecule has 0 aromatic heterocycles. The third-order valence-electron chi connectivity index (χ3n) is 4.73. The van der Waals surface area contributed by atoms with Crippen LogP contribution in [0.4, 0.5) is 10.5 Å². The van der Waals surface area contributed by atoms with Crippen LogP contribution < -0.4 is 5.32 Å². The van der Waals surface area contributed by atoms with Crippen LogP contribution in [0.5, 0.6) is 0 Å². The fraction of sp³-hybridized carbons (Fsp3) is 0.286. The number of rotatable bonds is 3. The van der Waals surface area contributed by atoms with Crippen molar-refractivity contribution in [3.8, 4) is 6.07 Å². The van der Waals surface area contributed by atoms with Crippen molar-refractivity contribution in [3.63, 3.8) is 0 Å². The van der Waals surface area contributed by atoms with Gasteiger partial charge in [0.15, 0.2) is 0 Å². The van der Waals surface area contributed by atoms with E-state index in [1.54, 1.807) is 34.1 Å². The summed E-state index contributed by atoms with van der Waals surface area (Å²) in [6, 6.07) is 16.3. The van der Waals surface area contributed by atoms with Crippen LogP contribution in [-0.4, -0.2) is 47.9 Å². The molecule has 6 nitrogen and oxygen atoms in total. The SMILES string of the molecule is CCc1ccc(C(=O)N2CCN(C(=O)Nc3ccc(C#N)cc3)CC2)cc1. The zero-order chi connectivity index (χ0) is 19.2. The molecule has 0 radical (unpaired) electrons. The van der Waals surface area contributed by atoms with E-state index in [2.05, 4.69) is 12.2 Å². The summed E-state index contributed by atoms with van der Waals surface area (Å²) in [7, 11) is 0. The van der Waals surface area contributed by atoms with E-state index in [1.165, 1.54) is 5.56 Å². The number of hydrogen-bond donors (Lipinski definition) is 1. The van der Waals surface area contributed by atoms with Gasteiger partial charge in [-0.3, -0.25) is 4.79 Å². The molecule has 1 fully saturated rings. The van der Waals surface area contributed by atoms with E-state index in [1.807, 2.05) is 30.3 Å². The van der Waals surface area contributed by atoms with Gasteiger partial charge in [-0.05, 0) is 48.4 Å². The van der Waals surface area contributed by atoms with Gasteiger partial charge in [0.2, 0.25) is 0 Å². The normalized spacial score (nSPS) is 13.8. The second kappa shape index (κ2) is 8.37. The Labute approximate surface area is 159 Å². The fourth-order valence-electron chi connectivity index (χ4n) is 3.01. The molecule has 0 bridgehead atoms. The van der Waals surface area contributed by atoms with Gasteiger partial charge in [0.1, 0.15) is 0 Å². The molecule has 0 atom stereocenters. The average molecular weight is 362 g/mol. The highest BCUT2D eigenvalue weighted by Crippen LogP contribution is 2.13. The highest BCUT2D eigenvalue weighted by molar-refractivity contribution is 5.94. The average Bonchev–Trinajstić information content (AvgIpc) is 2.74. The number of piperazine rings is 1. The second-order valence-corrected chi connectivity index (χ2v) is 6.45. The number of benzene rings is 2. The first-order chi connectivity index (χ1) is 13.1. The monoisotopic (exact) mass is 362 g/mol. The third-order valence-corrected chi connectivity index (χ3v) is 4.73. The van der Waals surface area contributed by atoms with E-state index in [9.17, 15) is 9.59 Å². The Balaban J connectivity index is 1.53. The van der Waals surface area contributed by atoms with E-state index in [-0.39, 0.29) is 11.9 Å². The van der Waals surface area contributed by atoms with Gasteiger partial charge in [-0.1, -0.05) is 19.1 Å². The minimum Gasteiger partial charge on any atom is -0.335 e. The largest absolute Gasteiger partial charge is 0.335 e. The van der Waals surface area contributed by atoms with Crippen molar-refractivity contribution < 1.29 is 9.59 Å². The number of urea groups is 1. The van der Waals surface area contributed by atoms with Crippen LogP contribution >= 0.6 is 0 Å². The summed E-state index contributed by atoms with van der Waals surface area (Å²) < 4.78 is 0. The number of hydrogen-bond acceptors (Lipinski definition) is 3. The highest BCUT2D eigenvalue weighted by Gasteiger charge is 2.24. The van der Waals surface area contributed by atoms with Crippen LogP contribution in [0.2, 0.25) is 0 Å². The Morgan fingerprint density at radius 1 is 0.963 bits per heavy atom. The molecule has 1 heterocycles. The molecule has 1 saturated heterocycles. The number of nitrogens with one attached hydrogen (secondary N) is 1. The third kappa shape index (κ3) is 4.45. The van der Waals surface area contributed by atoms with Gasteiger partial charge in [0.25, 0.3) is 5.91 Å². The van der Waals surface area contributed by atoms with Crippen molar-refractivity contribution in [1.82, 2.24) is 9.80 Å². The van der Waals surface area contributed by atoms with Crippen molar-refractivity contribution in [3.05, 3.63) is 65.2 Å². The predicted octanol–water partition coefficient (Wildman–Crippen LogP) is 3.11. The predicted molar refractivity (Wildman–Crippen MR) is 103 cm³/mol. The van der Waals surface area contributed by atoms with Crippen LogP contribution in [0, 0.1) is 11.3 Å². The summed E-state index contributed by atoms with van der Waals surface area (Å²) in [6.45, 7) is 4.07. The fourth-order valence-corrected chi connectivity index (χ4v) is 3.01. The molecule has 1 N–H and O–H groups in total. The summed E-state index contributed by atoms with van der Waals surface area (Å²) in [5, 5.41) is 11.6. The Morgan fingerprint density at radius 3 is 2.11 bits per heavy atom. The Morgan fingerprint density at radius 2 is 1.56 bits per heavy atom. The molecule has 138 valence electrons. The zero-order valence-corrected chi connectivity index (χ0v) is 15.3. The highest BCUT2D eigenvalue weighted by atomic mass is 16.2. The maximum absolute atomic E-state index is 12.6. The summed E-state index contributed by atoms with van der Waals surface area (Å²) in [4.78, 5) is 28.5. The lowest BCUT2D eigenvalue weighted by Crippen LogP contribution is -2.51. The maximum atomic E-state index is 12.6. The van der Waals surface area contributed by atoms with E-state index in [0.717, 1.165) is 6.42 Å². The van der Waals surface area contributed by atoms with Gasteiger partial charge < -0.3 is 15.1 Å². The Bertz CT molecular complexity index is 845. The summed E-state index contributed by atoms with van der Waals surface area (Å²) in [5.74, 6) is 0.00445. The molecule has 1 aliphatic heterocycles. The molecule has 0 aliphatic carbocycles. The number of amides is 3. The topological polar surface area (TPSA) is 76.4 Å². The Kier molecular flexibility index (Phi) is 5.72. The van der Waals surface area contributed by atoms with Crippen LogP contribution in [-0.2, 0) is 6.42 Å². The van der Waals surface area contributed by atoms with Gasteiger partial charge in [0, 0.05) is 37.4 Å². The van der Waals surface area contributed by atoms with Crippen molar-refractivity contribution in [1.29, 1.82) is 5.26 Å². The van der Waals surface area contributed by atoms with Gasteiger partial charge >= 0.3 is 6.03 Å². The maximum Gasteiger partial charge on any atom is 0.321 e. The van der Waals surface area contributed by atoms with E-state index in [0.29, 0.717) is 43.0 Å². The summed E-state index contributed by atoms with van der Waals surface area (Å²) in [6.07, 6.45) is 0.946. The van der Waals surface area contributed by atoms with E-state index >= 15 is 0 Å². The summed E-state index contributed by atoms with van der Waals surface area (Å²) >= 11 is 0. The number of carbonyl (C=O) groups excluding carboxylic acids is 2. The molecule has 3 rings (SSSR count). The van der Waals surface area contributed by atoms with Crippen molar-refractivity contribution in [2.45, 2.75) is 13.3 Å². The van der Waals surface area contributed by atoms with Crippen molar-refractivity contribution in [2.24, 2.45) is 0 Å². The van der Waals surface area contributed by atoms with E-state index in [4.69, 9.17) is 5.26 Å².